The molecule has 0 bridgehead atoms. The Morgan fingerprint density at radius 3 is 2.53 bits per heavy atom. The molecular weight excluding hydrogens is 280 g/mol. The summed E-state index contributed by atoms with van der Waals surface area (Å²) in [6.07, 6.45) is 0. The molecular formula is C14H15ClN2OS. The Bertz CT molecular complexity index is 649. The number of aryl methyl sites for hydroxylation is 1. The van der Waals surface area contributed by atoms with Gasteiger partial charge in [0.05, 0.1) is 0 Å². The van der Waals surface area contributed by atoms with Gasteiger partial charge in [-0.25, -0.2) is 4.98 Å². The summed E-state index contributed by atoms with van der Waals surface area (Å²) >= 11 is 6.24. The monoisotopic (exact) mass is 294 g/mol. The average Bonchev–Trinajstić information content (AvgIpc) is 2.44. The van der Waals surface area contributed by atoms with Gasteiger partial charge in [0.25, 0.3) is 0 Å². The Labute approximate surface area is 120 Å². The van der Waals surface area contributed by atoms with Crippen LogP contribution in [0.1, 0.15) is 5.56 Å². The molecule has 2 aromatic rings. The molecule has 5 heteroatoms. The van der Waals surface area contributed by atoms with E-state index in [2.05, 4.69) is 22.0 Å². The van der Waals surface area contributed by atoms with Gasteiger partial charge >= 0.3 is 0 Å². The Morgan fingerprint density at radius 2 is 1.84 bits per heavy atom. The van der Waals surface area contributed by atoms with Crippen molar-refractivity contribution in [2.45, 2.75) is 6.92 Å². The zero-order valence-corrected chi connectivity index (χ0v) is 12.3. The van der Waals surface area contributed by atoms with E-state index in [-0.39, 0.29) is 0 Å². The van der Waals surface area contributed by atoms with E-state index in [0.29, 0.717) is 16.7 Å². The SMILES string of the molecule is Cc1c(Cl)nc(N2CCS(=O)CC2)c2ccccc12. The summed E-state index contributed by atoms with van der Waals surface area (Å²) in [6, 6.07) is 8.18. The zero-order chi connectivity index (χ0) is 13.4. The van der Waals surface area contributed by atoms with Gasteiger partial charge < -0.3 is 4.90 Å². The first-order chi connectivity index (χ1) is 9.16. The number of nitrogens with zero attached hydrogens (tertiary/aromatic N) is 2. The number of fused-ring (bicyclic) bond motifs is 1. The summed E-state index contributed by atoms with van der Waals surface area (Å²) < 4.78 is 11.5. The minimum absolute atomic E-state index is 0.556. The lowest BCUT2D eigenvalue weighted by molar-refractivity contribution is 0.672. The van der Waals surface area contributed by atoms with Gasteiger partial charge in [-0.15, -0.1) is 0 Å². The Hall–Kier alpha value is -1.13. The molecule has 0 aliphatic carbocycles. The number of hydrogen-bond acceptors (Lipinski definition) is 3. The third-order valence-electron chi connectivity index (χ3n) is 3.56. The molecule has 1 aliphatic heterocycles. The molecule has 2 heterocycles. The number of rotatable bonds is 1. The van der Waals surface area contributed by atoms with E-state index in [1.54, 1.807) is 0 Å². The topological polar surface area (TPSA) is 33.2 Å². The highest BCUT2D eigenvalue weighted by molar-refractivity contribution is 7.85. The van der Waals surface area contributed by atoms with E-state index in [1.165, 1.54) is 0 Å². The van der Waals surface area contributed by atoms with Crippen LogP contribution in [0.25, 0.3) is 10.8 Å². The highest BCUT2D eigenvalue weighted by atomic mass is 35.5. The smallest absolute Gasteiger partial charge is 0.138 e. The van der Waals surface area contributed by atoms with Gasteiger partial charge in [0.2, 0.25) is 0 Å². The lowest BCUT2D eigenvalue weighted by atomic mass is 10.1. The molecule has 0 unspecified atom stereocenters. The molecule has 1 saturated heterocycles. The van der Waals surface area contributed by atoms with Crippen LogP contribution in [0.3, 0.4) is 0 Å². The first-order valence-electron chi connectivity index (χ1n) is 6.31. The number of aromatic nitrogens is 1. The van der Waals surface area contributed by atoms with Crippen LogP contribution in [-0.4, -0.2) is 33.8 Å². The molecule has 0 radical (unpaired) electrons. The Morgan fingerprint density at radius 1 is 1.21 bits per heavy atom. The standard InChI is InChI=1S/C14H15ClN2OS/c1-10-11-4-2-3-5-12(11)14(16-13(10)15)17-6-8-19(18)9-7-17/h2-5H,6-9H2,1H3. The minimum atomic E-state index is -0.681. The van der Waals surface area contributed by atoms with Crippen molar-refractivity contribution in [1.82, 2.24) is 4.98 Å². The van der Waals surface area contributed by atoms with Crippen molar-refractivity contribution in [2.24, 2.45) is 0 Å². The minimum Gasteiger partial charge on any atom is -0.354 e. The second kappa shape index (κ2) is 5.10. The zero-order valence-electron chi connectivity index (χ0n) is 10.7. The fourth-order valence-corrected chi connectivity index (χ4v) is 3.68. The van der Waals surface area contributed by atoms with E-state index in [0.717, 1.165) is 35.2 Å². The van der Waals surface area contributed by atoms with Crippen molar-refractivity contribution in [1.29, 1.82) is 0 Å². The van der Waals surface area contributed by atoms with E-state index in [9.17, 15) is 4.21 Å². The van der Waals surface area contributed by atoms with Gasteiger partial charge in [-0.1, -0.05) is 35.9 Å². The van der Waals surface area contributed by atoms with Crippen molar-refractivity contribution >= 4 is 39.0 Å². The van der Waals surface area contributed by atoms with Crippen LogP contribution >= 0.6 is 11.6 Å². The predicted molar refractivity (Wildman–Crippen MR) is 81.6 cm³/mol. The van der Waals surface area contributed by atoms with E-state index in [4.69, 9.17) is 11.6 Å². The summed E-state index contributed by atoms with van der Waals surface area (Å²) in [6.45, 7) is 3.55. The highest BCUT2D eigenvalue weighted by Crippen LogP contribution is 2.31. The molecule has 3 nitrogen and oxygen atoms in total. The second-order valence-corrected chi connectivity index (χ2v) is 6.79. The summed E-state index contributed by atoms with van der Waals surface area (Å²) in [5, 5.41) is 2.82. The number of anilines is 1. The maximum absolute atomic E-state index is 11.5. The molecule has 1 aliphatic rings. The number of benzene rings is 1. The van der Waals surface area contributed by atoms with Gasteiger partial charge in [-0.3, -0.25) is 4.21 Å². The maximum atomic E-state index is 11.5. The Balaban J connectivity index is 2.13. The molecule has 3 rings (SSSR count). The lowest BCUT2D eigenvalue weighted by Crippen LogP contribution is -2.38. The summed E-state index contributed by atoms with van der Waals surface area (Å²) in [5.74, 6) is 2.34. The molecule has 0 spiro atoms. The Kier molecular flexibility index (Phi) is 3.46. The van der Waals surface area contributed by atoms with Crippen LogP contribution in [-0.2, 0) is 10.8 Å². The van der Waals surface area contributed by atoms with Gasteiger partial charge in [-0.2, -0.15) is 0 Å². The van der Waals surface area contributed by atoms with Crippen molar-refractivity contribution in [2.75, 3.05) is 29.5 Å². The van der Waals surface area contributed by atoms with Crippen molar-refractivity contribution in [3.8, 4) is 0 Å². The highest BCUT2D eigenvalue weighted by Gasteiger charge is 2.20. The van der Waals surface area contributed by atoms with E-state index in [1.807, 2.05) is 19.1 Å². The number of pyridine rings is 1. The van der Waals surface area contributed by atoms with Crippen molar-refractivity contribution < 1.29 is 4.21 Å². The van der Waals surface area contributed by atoms with Crippen LogP contribution in [0.2, 0.25) is 5.15 Å². The van der Waals surface area contributed by atoms with Crippen LogP contribution < -0.4 is 4.90 Å². The van der Waals surface area contributed by atoms with Crippen LogP contribution in [0, 0.1) is 6.92 Å². The van der Waals surface area contributed by atoms with Crippen LogP contribution in [0.15, 0.2) is 24.3 Å². The van der Waals surface area contributed by atoms with Crippen LogP contribution in [0.4, 0.5) is 5.82 Å². The van der Waals surface area contributed by atoms with E-state index >= 15 is 0 Å². The summed E-state index contributed by atoms with van der Waals surface area (Å²) in [7, 11) is -0.681. The average molecular weight is 295 g/mol. The fraction of sp³-hybridized carbons (Fsp3) is 0.357. The van der Waals surface area contributed by atoms with E-state index < -0.39 is 10.8 Å². The fourth-order valence-electron chi connectivity index (χ4n) is 2.44. The predicted octanol–water partition coefficient (Wildman–Crippen LogP) is 2.77. The molecule has 19 heavy (non-hydrogen) atoms. The summed E-state index contributed by atoms with van der Waals surface area (Å²) in [5.41, 5.74) is 1.02. The molecule has 0 atom stereocenters. The maximum Gasteiger partial charge on any atom is 0.138 e. The second-order valence-electron chi connectivity index (χ2n) is 4.73. The summed E-state index contributed by atoms with van der Waals surface area (Å²) in [4.78, 5) is 6.73. The molecule has 1 fully saturated rings. The third kappa shape index (κ3) is 2.35. The molecule has 0 amide bonds. The van der Waals surface area contributed by atoms with Crippen molar-refractivity contribution in [3.05, 3.63) is 35.0 Å². The van der Waals surface area contributed by atoms with Gasteiger partial charge in [0.15, 0.2) is 0 Å². The normalized spacial score (nSPS) is 17.1. The largest absolute Gasteiger partial charge is 0.354 e. The molecule has 1 aromatic carbocycles. The quantitative estimate of drug-likeness (QED) is 0.758. The number of halogens is 1. The van der Waals surface area contributed by atoms with Gasteiger partial charge in [-0.05, 0) is 17.9 Å². The molecule has 1 aromatic heterocycles. The first-order valence-corrected chi connectivity index (χ1v) is 8.18. The third-order valence-corrected chi connectivity index (χ3v) is 5.21. The lowest BCUT2D eigenvalue weighted by Gasteiger charge is -2.28. The molecule has 0 saturated carbocycles. The van der Waals surface area contributed by atoms with Gasteiger partial charge in [0.1, 0.15) is 11.0 Å². The van der Waals surface area contributed by atoms with Crippen molar-refractivity contribution in [3.63, 3.8) is 0 Å². The first kappa shape index (κ1) is 12.9. The molecule has 0 N–H and O–H groups in total. The van der Waals surface area contributed by atoms with Gasteiger partial charge in [0, 0.05) is 40.8 Å². The molecule has 100 valence electrons. The van der Waals surface area contributed by atoms with Crippen LogP contribution in [0.5, 0.6) is 0 Å². The number of hydrogen-bond donors (Lipinski definition) is 0.